The van der Waals surface area contributed by atoms with Gasteiger partial charge in [-0.2, -0.15) is 4.31 Å². The largest absolute Gasteiger partial charge is 0.468 e. The molecule has 33 heavy (non-hydrogen) atoms. The molecule has 0 saturated carbocycles. The Labute approximate surface area is 195 Å². The summed E-state index contributed by atoms with van der Waals surface area (Å²) in [5.41, 5.74) is 2.05. The monoisotopic (exact) mass is 470 g/mol. The first-order valence-corrected chi connectivity index (χ1v) is 12.3. The molecule has 1 atom stereocenters. The van der Waals surface area contributed by atoms with Gasteiger partial charge in [-0.1, -0.05) is 48.0 Å². The summed E-state index contributed by atoms with van der Waals surface area (Å²) in [5, 5.41) is 2.78. The fourth-order valence-corrected chi connectivity index (χ4v) is 4.62. The number of hydrogen-bond donors (Lipinski definition) is 1. The molecule has 0 fully saturated rings. The zero-order valence-corrected chi connectivity index (χ0v) is 19.8. The van der Waals surface area contributed by atoms with Crippen LogP contribution in [0.25, 0.3) is 0 Å². The first-order chi connectivity index (χ1) is 15.9. The van der Waals surface area contributed by atoms with E-state index in [4.69, 9.17) is 9.15 Å². The molecule has 176 valence electrons. The lowest BCUT2D eigenvalue weighted by Crippen LogP contribution is -2.40. The summed E-state index contributed by atoms with van der Waals surface area (Å²) >= 11 is 0. The van der Waals surface area contributed by atoms with E-state index in [2.05, 4.69) is 5.32 Å². The Morgan fingerprint density at radius 3 is 2.45 bits per heavy atom. The third-order valence-corrected chi connectivity index (χ3v) is 6.98. The zero-order valence-electron chi connectivity index (χ0n) is 18.9. The van der Waals surface area contributed by atoms with E-state index in [1.54, 1.807) is 36.4 Å². The molecule has 2 aromatic carbocycles. The Hall–Kier alpha value is -2.94. The topological polar surface area (TPSA) is 88.9 Å². The van der Waals surface area contributed by atoms with Crippen LogP contribution in [-0.2, 0) is 26.1 Å². The molecule has 1 amide bonds. The molecule has 0 aliphatic heterocycles. The molecule has 0 radical (unpaired) electrons. The number of hydrogen-bond acceptors (Lipinski definition) is 5. The van der Waals surface area contributed by atoms with Gasteiger partial charge in [0.1, 0.15) is 5.76 Å². The average Bonchev–Trinajstić information content (AvgIpc) is 3.32. The van der Waals surface area contributed by atoms with E-state index < -0.39 is 10.0 Å². The van der Waals surface area contributed by atoms with Crippen LogP contribution >= 0.6 is 0 Å². The van der Waals surface area contributed by atoms with Crippen molar-refractivity contribution in [2.45, 2.75) is 37.8 Å². The molecule has 3 aromatic rings. The van der Waals surface area contributed by atoms with Crippen molar-refractivity contribution in [3.05, 3.63) is 89.9 Å². The highest BCUT2D eigenvalue weighted by Gasteiger charge is 2.27. The number of aryl methyl sites for hydroxylation is 1. The number of nitrogens with zero attached hydrogens (tertiary/aromatic N) is 1. The second-order valence-corrected chi connectivity index (χ2v) is 9.73. The zero-order chi connectivity index (χ0) is 23.7. The van der Waals surface area contributed by atoms with Gasteiger partial charge in [0.25, 0.3) is 0 Å². The van der Waals surface area contributed by atoms with Crippen molar-refractivity contribution >= 4 is 15.9 Å². The minimum Gasteiger partial charge on any atom is -0.468 e. The Morgan fingerprint density at radius 2 is 1.79 bits per heavy atom. The number of sulfonamides is 1. The van der Waals surface area contributed by atoms with E-state index in [0.29, 0.717) is 25.3 Å². The molecular weight excluding hydrogens is 440 g/mol. The van der Waals surface area contributed by atoms with Crippen molar-refractivity contribution in [1.29, 1.82) is 0 Å². The minimum absolute atomic E-state index is 0.0334. The van der Waals surface area contributed by atoms with Gasteiger partial charge in [-0.15, -0.1) is 0 Å². The summed E-state index contributed by atoms with van der Waals surface area (Å²) < 4.78 is 38.6. The maximum atomic E-state index is 13.2. The lowest BCUT2D eigenvalue weighted by atomic mass is 10.1. The third-order valence-electron chi connectivity index (χ3n) is 5.17. The molecule has 0 spiro atoms. The predicted molar refractivity (Wildman–Crippen MR) is 126 cm³/mol. The van der Waals surface area contributed by atoms with Crippen molar-refractivity contribution in [3.8, 4) is 0 Å². The standard InChI is InChI=1S/C25H30N2O5S/c1-20-11-13-24(14-12-20)33(29,30)27(18-23-10-6-16-32-23)19-25(28)26-15-7-17-31-21(2)22-8-4-3-5-9-22/h3-6,8-14,16,21H,7,15,17-19H2,1-2H3,(H,26,28). The van der Waals surface area contributed by atoms with Crippen molar-refractivity contribution in [2.24, 2.45) is 0 Å². The highest BCUT2D eigenvalue weighted by Crippen LogP contribution is 2.19. The highest BCUT2D eigenvalue weighted by atomic mass is 32.2. The Balaban J connectivity index is 1.53. The summed E-state index contributed by atoms with van der Waals surface area (Å²) in [5.74, 6) is 0.0788. The Bertz CT molecular complexity index is 1100. The Kier molecular flexibility index (Phi) is 8.82. The first kappa shape index (κ1) is 24.7. The molecule has 1 N–H and O–H groups in total. The Morgan fingerprint density at radius 1 is 1.06 bits per heavy atom. The van der Waals surface area contributed by atoms with Crippen LogP contribution in [0, 0.1) is 6.92 Å². The van der Waals surface area contributed by atoms with Gasteiger partial charge in [0, 0.05) is 13.2 Å². The predicted octanol–water partition coefficient (Wildman–Crippen LogP) is 4.06. The fraction of sp³-hybridized carbons (Fsp3) is 0.320. The fourth-order valence-electron chi connectivity index (χ4n) is 3.26. The van der Waals surface area contributed by atoms with Crippen LogP contribution in [0.15, 0.2) is 82.3 Å². The molecule has 0 aliphatic carbocycles. The van der Waals surface area contributed by atoms with E-state index >= 15 is 0 Å². The summed E-state index contributed by atoms with van der Waals surface area (Å²) in [6.07, 6.45) is 2.05. The second kappa shape index (κ2) is 11.8. The van der Waals surface area contributed by atoms with E-state index in [0.717, 1.165) is 15.4 Å². The number of amides is 1. The molecule has 7 nitrogen and oxygen atoms in total. The molecule has 0 aliphatic rings. The number of carbonyl (C=O) groups is 1. The number of nitrogens with one attached hydrogen (secondary N) is 1. The molecule has 3 rings (SSSR count). The molecule has 0 saturated heterocycles. The van der Waals surface area contributed by atoms with Gasteiger partial charge in [-0.25, -0.2) is 8.42 Å². The molecule has 8 heteroatoms. The van der Waals surface area contributed by atoms with Gasteiger partial charge >= 0.3 is 0 Å². The quantitative estimate of drug-likeness (QED) is 0.403. The molecule has 1 heterocycles. The normalized spacial score (nSPS) is 12.6. The number of furan rings is 1. The van der Waals surface area contributed by atoms with Crippen LogP contribution in [0.5, 0.6) is 0 Å². The summed E-state index contributed by atoms with van der Waals surface area (Å²) in [4.78, 5) is 12.7. The number of benzene rings is 2. The van der Waals surface area contributed by atoms with Gasteiger partial charge in [0.2, 0.25) is 15.9 Å². The summed E-state index contributed by atoms with van der Waals surface area (Å²) in [6, 6.07) is 19.8. The molecule has 1 unspecified atom stereocenters. The maximum absolute atomic E-state index is 13.2. The maximum Gasteiger partial charge on any atom is 0.243 e. The lowest BCUT2D eigenvalue weighted by molar-refractivity contribution is -0.121. The lowest BCUT2D eigenvalue weighted by Gasteiger charge is -2.21. The smallest absolute Gasteiger partial charge is 0.243 e. The van der Waals surface area contributed by atoms with Crippen LogP contribution in [0.4, 0.5) is 0 Å². The van der Waals surface area contributed by atoms with Crippen molar-refractivity contribution in [2.75, 3.05) is 19.7 Å². The van der Waals surface area contributed by atoms with Crippen LogP contribution in [0.3, 0.4) is 0 Å². The van der Waals surface area contributed by atoms with Crippen molar-refractivity contribution in [3.63, 3.8) is 0 Å². The van der Waals surface area contributed by atoms with Crippen LogP contribution in [-0.4, -0.2) is 38.3 Å². The third kappa shape index (κ3) is 7.28. The van der Waals surface area contributed by atoms with Crippen LogP contribution in [0.2, 0.25) is 0 Å². The second-order valence-electron chi connectivity index (χ2n) is 7.79. The van der Waals surface area contributed by atoms with Gasteiger partial charge in [0.05, 0.1) is 30.4 Å². The molecular formula is C25H30N2O5S. The van der Waals surface area contributed by atoms with Crippen LogP contribution in [0.1, 0.15) is 36.3 Å². The van der Waals surface area contributed by atoms with Gasteiger partial charge < -0.3 is 14.5 Å². The van der Waals surface area contributed by atoms with E-state index in [1.165, 1.54) is 6.26 Å². The minimum atomic E-state index is -3.88. The molecule has 0 bridgehead atoms. The highest BCUT2D eigenvalue weighted by molar-refractivity contribution is 7.89. The van der Waals surface area contributed by atoms with Crippen molar-refractivity contribution < 1.29 is 22.4 Å². The van der Waals surface area contributed by atoms with Gasteiger partial charge in [-0.05, 0) is 50.1 Å². The number of carbonyl (C=O) groups excluding carboxylic acids is 1. The summed E-state index contributed by atoms with van der Waals surface area (Å²) in [7, 11) is -3.88. The van der Waals surface area contributed by atoms with Crippen LogP contribution < -0.4 is 5.32 Å². The van der Waals surface area contributed by atoms with Gasteiger partial charge in [-0.3, -0.25) is 4.79 Å². The van der Waals surface area contributed by atoms with E-state index in [1.807, 2.05) is 44.2 Å². The average molecular weight is 471 g/mol. The van der Waals surface area contributed by atoms with E-state index in [9.17, 15) is 13.2 Å². The SMILES string of the molecule is Cc1ccc(S(=O)(=O)N(CC(=O)NCCCOC(C)c2ccccc2)Cc2ccco2)cc1. The van der Waals surface area contributed by atoms with Crippen molar-refractivity contribution in [1.82, 2.24) is 9.62 Å². The first-order valence-electron chi connectivity index (χ1n) is 10.9. The number of ether oxygens (including phenoxy) is 1. The molecule has 1 aromatic heterocycles. The number of rotatable bonds is 12. The van der Waals surface area contributed by atoms with E-state index in [-0.39, 0.29) is 30.0 Å². The summed E-state index contributed by atoms with van der Waals surface area (Å²) in [6.45, 7) is 4.39. The van der Waals surface area contributed by atoms with Gasteiger partial charge in [0.15, 0.2) is 0 Å².